The molecule has 0 bridgehead atoms. The SMILES string of the molecule is COc1ccc(-c2scnc2-c2cc(OC)c(OC)c(OC)c2)cc1O. The Morgan fingerprint density at radius 1 is 0.808 bits per heavy atom. The Morgan fingerprint density at radius 2 is 1.46 bits per heavy atom. The highest BCUT2D eigenvalue weighted by molar-refractivity contribution is 7.13. The summed E-state index contributed by atoms with van der Waals surface area (Å²) in [4.78, 5) is 5.41. The lowest BCUT2D eigenvalue weighted by Gasteiger charge is -2.14. The number of rotatable bonds is 6. The molecule has 0 aliphatic rings. The highest BCUT2D eigenvalue weighted by Crippen LogP contribution is 2.44. The van der Waals surface area contributed by atoms with Crippen LogP contribution >= 0.6 is 11.3 Å². The zero-order valence-electron chi connectivity index (χ0n) is 14.9. The fourth-order valence-corrected chi connectivity index (χ4v) is 3.51. The molecule has 1 heterocycles. The lowest BCUT2D eigenvalue weighted by atomic mass is 10.1. The van der Waals surface area contributed by atoms with Crippen LogP contribution in [0.2, 0.25) is 0 Å². The fraction of sp³-hybridized carbons (Fsp3) is 0.211. The van der Waals surface area contributed by atoms with Crippen molar-refractivity contribution in [2.45, 2.75) is 0 Å². The molecule has 3 aromatic rings. The van der Waals surface area contributed by atoms with Gasteiger partial charge in [-0.3, -0.25) is 0 Å². The molecule has 2 aromatic carbocycles. The molecular weight excluding hydrogens is 354 g/mol. The smallest absolute Gasteiger partial charge is 0.203 e. The molecule has 7 heteroatoms. The van der Waals surface area contributed by atoms with Crippen molar-refractivity contribution in [1.82, 2.24) is 4.98 Å². The Bertz CT molecular complexity index is 897. The second kappa shape index (κ2) is 7.53. The number of phenols is 1. The van der Waals surface area contributed by atoms with Crippen LogP contribution in [-0.4, -0.2) is 38.5 Å². The van der Waals surface area contributed by atoms with E-state index in [0.29, 0.717) is 23.0 Å². The van der Waals surface area contributed by atoms with E-state index in [-0.39, 0.29) is 5.75 Å². The van der Waals surface area contributed by atoms with E-state index in [1.54, 1.807) is 39.0 Å². The average molecular weight is 373 g/mol. The van der Waals surface area contributed by atoms with Gasteiger partial charge in [-0.2, -0.15) is 0 Å². The minimum atomic E-state index is 0.0780. The molecule has 26 heavy (non-hydrogen) atoms. The van der Waals surface area contributed by atoms with Crippen LogP contribution in [0.25, 0.3) is 21.7 Å². The number of hydrogen-bond donors (Lipinski definition) is 1. The first kappa shape index (κ1) is 17.9. The van der Waals surface area contributed by atoms with E-state index < -0.39 is 0 Å². The van der Waals surface area contributed by atoms with Crippen molar-refractivity contribution in [1.29, 1.82) is 0 Å². The normalized spacial score (nSPS) is 10.5. The van der Waals surface area contributed by atoms with Crippen molar-refractivity contribution < 1.29 is 24.1 Å². The number of aromatic hydroxyl groups is 1. The minimum absolute atomic E-state index is 0.0780. The van der Waals surface area contributed by atoms with Crippen LogP contribution in [0, 0.1) is 0 Å². The number of methoxy groups -OCH3 is 4. The molecule has 0 aliphatic heterocycles. The van der Waals surface area contributed by atoms with Gasteiger partial charge in [0, 0.05) is 5.56 Å². The molecule has 0 spiro atoms. The van der Waals surface area contributed by atoms with Gasteiger partial charge in [0.15, 0.2) is 23.0 Å². The summed E-state index contributed by atoms with van der Waals surface area (Å²) in [5, 5.41) is 10.1. The van der Waals surface area contributed by atoms with Gasteiger partial charge in [-0.25, -0.2) is 4.98 Å². The van der Waals surface area contributed by atoms with Gasteiger partial charge in [-0.1, -0.05) is 0 Å². The van der Waals surface area contributed by atoms with Crippen LogP contribution in [0.1, 0.15) is 0 Å². The van der Waals surface area contributed by atoms with E-state index >= 15 is 0 Å². The standard InChI is InChI=1S/C19H19NO5S/c1-22-14-6-5-11(7-13(14)21)19-17(20-10-26-19)12-8-15(23-2)18(25-4)16(9-12)24-3/h5-10,21H,1-4H3. The predicted octanol–water partition coefficient (Wildman–Crippen LogP) is 4.22. The highest BCUT2D eigenvalue weighted by Gasteiger charge is 2.18. The van der Waals surface area contributed by atoms with Gasteiger partial charge in [0.2, 0.25) is 5.75 Å². The molecule has 0 aliphatic carbocycles. The van der Waals surface area contributed by atoms with Crippen LogP contribution in [0.5, 0.6) is 28.7 Å². The van der Waals surface area contributed by atoms with Crippen LogP contribution in [0.3, 0.4) is 0 Å². The van der Waals surface area contributed by atoms with Gasteiger partial charge < -0.3 is 24.1 Å². The van der Waals surface area contributed by atoms with E-state index in [9.17, 15) is 5.11 Å². The molecule has 0 saturated heterocycles. The van der Waals surface area contributed by atoms with Crippen molar-refractivity contribution in [2.24, 2.45) is 0 Å². The molecule has 1 N–H and O–H groups in total. The van der Waals surface area contributed by atoms with Gasteiger partial charge in [0.1, 0.15) is 0 Å². The van der Waals surface area contributed by atoms with E-state index in [0.717, 1.165) is 21.7 Å². The first-order valence-electron chi connectivity index (χ1n) is 7.74. The predicted molar refractivity (Wildman–Crippen MR) is 101 cm³/mol. The Hall–Kier alpha value is -2.93. The number of benzene rings is 2. The molecule has 0 radical (unpaired) electrons. The summed E-state index contributed by atoms with van der Waals surface area (Å²) in [5.41, 5.74) is 4.19. The molecule has 0 unspecified atom stereocenters. The maximum absolute atomic E-state index is 10.1. The molecular formula is C19H19NO5S. The van der Waals surface area contributed by atoms with Crippen molar-refractivity contribution in [3.05, 3.63) is 35.8 Å². The van der Waals surface area contributed by atoms with Crippen LogP contribution in [0.15, 0.2) is 35.8 Å². The number of aromatic nitrogens is 1. The summed E-state index contributed by atoms with van der Waals surface area (Å²) in [7, 11) is 6.23. The summed E-state index contributed by atoms with van der Waals surface area (Å²) < 4.78 is 21.3. The quantitative estimate of drug-likeness (QED) is 0.698. The molecule has 0 saturated carbocycles. The number of hydrogen-bond acceptors (Lipinski definition) is 7. The summed E-state index contributed by atoms with van der Waals surface area (Å²) in [6.07, 6.45) is 0. The molecule has 6 nitrogen and oxygen atoms in total. The second-order valence-corrected chi connectivity index (χ2v) is 6.19. The van der Waals surface area contributed by atoms with Crippen LogP contribution in [0.4, 0.5) is 0 Å². The van der Waals surface area contributed by atoms with Gasteiger partial charge in [0.05, 0.1) is 44.5 Å². The minimum Gasteiger partial charge on any atom is -0.504 e. The third-order valence-electron chi connectivity index (χ3n) is 3.95. The summed E-state index contributed by atoms with van der Waals surface area (Å²) in [5.74, 6) is 2.14. The molecule has 0 fully saturated rings. The Balaban J connectivity index is 2.13. The summed E-state index contributed by atoms with van der Waals surface area (Å²) in [6.45, 7) is 0. The largest absolute Gasteiger partial charge is 0.504 e. The van der Waals surface area contributed by atoms with E-state index in [4.69, 9.17) is 18.9 Å². The third kappa shape index (κ3) is 3.13. The van der Waals surface area contributed by atoms with Crippen molar-refractivity contribution >= 4 is 11.3 Å². The van der Waals surface area contributed by atoms with Crippen molar-refractivity contribution in [3.8, 4) is 50.4 Å². The molecule has 0 atom stereocenters. The highest BCUT2D eigenvalue weighted by atomic mass is 32.1. The third-order valence-corrected chi connectivity index (χ3v) is 4.82. The summed E-state index contributed by atoms with van der Waals surface area (Å²) in [6, 6.07) is 8.97. The van der Waals surface area contributed by atoms with Gasteiger partial charge in [0.25, 0.3) is 0 Å². The molecule has 3 rings (SSSR count). The van der Waals surface area contributed by atoms with E-state index in [2.05, 4.69) is 4.98 Å². The van der Waals surface area contributed by atoms with Crippen molar-refractivity contribution in [3.63, 3.8) is 0 Å². The van der Waals surface area contributed by atoms with Gasteiger partial charge >= 0.3 is 0 Å². The van der Waals surface area contributed by atoms with Gasteiger partial charge in [-0.05, 0) is 35.9 Å². The van der Waals surface area contributed by atoms with Gasteiger partial charge in [-0.15, -0.1) is 11.3 Å². The van der Waals surface area contributed by atoms with Crippen molar-refractivity contribution in [2.75, 3.05) is 28.4 Å². The Morgan fingerprint density at radius 3 is 2.00 bits per heavy atom. The maximum Gasteiger partial charge on any atom is 0.203 e. The lowest BCUT2D eigenvalue weighted by Crippen LogP contribution is -1.96. The first-order chi connectivity index (χ1) is 12.6. The summed E-state index contributed by atoms with van der Waals surface area (Å²) >= 11 is 1.48. The molecule has 0 amide bonds. The number of phenolic OH excluding ortho intramolecular Hbond substituents is 1. The zero-order chi connectivity index (χ0) is 18.7. The maximum atomic E-state index is 10.1. The number of thiazole rings is 1. The average Bonchev–Trinajstić information content (AvgIpc) is 3.16. The first-order valence-corrected chi connectivity index (χ1v) is 8.62. The monoisotopic (exact) mass is 373 g/mol. The number of nitrogens with zero attached hydrogens (tertiary/aromatic N) is 1. The number of ether oxygens (including phenoxy) is 4. The molecule has 1 aromatic heterocycles. The molecule has 136 valence electrons. The lowest BCUT2D eigenvalue weighted by molar-refractivity contribution is 0.324. The fourth-order valence-electron chi connectivity index (χ4n) is 2.71. The second-order valence-electron chi connectivity index (χ2n) is 5.33. The Kier molecular flexibility index (Phi) is 5.18. The topological polar surface area (TPSA) is 70.0 Å². The van der Waals surface area contributed by atoms with Crippen LogP contribution < -0.4 is 18.9 Å². The Labute approximate surface area is 155 Å². The van der Waals surface area contributed by atoms with Crippen LogP contribution in [-0.2, 0) is 0 Å². The van der Waals surface area contributed by atoms with E-state index in [1.807, 2.05) is 18.2 Å². The zero-order valence-corrected chi connectivity index (χ0v) is 15.7. The van der Waals surface area contributed by atoms with E-state index in [1.165, 1.54) is 18.4 Å².